The van der Waals surface area contributed by atoms with Crippen LogP contribution >= 0.6 is 0 Å². The molecular formula is C14H18N2O3. The van der Waals surface area contributed by atoms with E-state index in [2.05, 4.69) is 0 Å². The molecule has 2 aliphatic heterocycles. The molecule has 19 heavy (non-hydrogen) atoms. The van der Waals surface area contributed by atoms with Crippen LogP contribution in [0.5, 0.6) is 0 Å². The zero-order chi connectivity index (χ0) is 13.5. The number of hydrogen-bond acceptors (Lipinski definition) is 3. The zero-order valence-electron chi connectivity index (χ0n) is 11.1. The molecule has 2 amide bonds. The lowest BCUT2D eigenvalue weighted by Crippen LogP contribution is -2.55. The molecule has 1 spiro atoms. The van der Waals surface area contributed by atoms with Crippen molar-refractivity contribution in [1.82, 2.24) is 9.80 Å². The molecule has 3 rings (SSSR count). The van der Waals surface area contributed by atoms with Gasteiger partial charge in [-0.1, -0.05) is 0 Å². The predicted molar refractivity (Wildman–Crippen MR) is 68.6 cm³/mol. The molecule has 0 aliphatic carbocycles. The molecule has 2 fully saturated rings. The molecule has 0 N–H and O–H groups in total. The highest BCUT2D eigenvalue weighted by Gasteiger charge is 2.49. The maximum atomic E-state index is 12.6. The lowest BCUT2D eigenvalue weighted by molar-refractivity contribution is -0.126. The number of hydrogen-bond donors (Lipinski definition) is 0. The van der Waals surface area contributed by atoms with Crippen LogP contribution < -0.4 is 0 Å². The molecule has 1 atom stereocenters. The summed E-state index contributed by atoms with van der Waals surface area (Å²) in [5.74, 6) is 0.114. The van der Waals surface area contributed by atoms with Crippen molar-refractivity contribution in [3.05, 3.63) is 24.2 Å². The van der Waals surface area contributed by atoms with Crippen molar-refractivity contribution >= 4 is 11.8 Å². The van der Waals surface area contributed by atoms with Crippen molar-refractivity contribution in [2.24, 2.45) is 0 Å². The fourth-order valence-corrected chi connectivity index (χ4v) is 3.31. The van der Waals surface area contributed by atoms with Crippen LogP contribution in [-0.4, -0.2) is 47.3 Å². The van der Waals surface area contributed by atoms with Crippen LogP contribution in [0.15, 0.2) is 23.0 Å². The van der Waals surface area contributed by atoms with Crippen molar-refractivity contribution in [3.8, 4) is 0 Å². The minimum Gasteiger partial charge on any atom is -0.472 e. The maximum Gasteiger partial charge on any atom is 0.257 e. The van der Waals surface area contributed by atoms with Gasteiger partial charge in [-0.25, -0.2) is 0 Å². The summed E-state index contributed by atoms with van der Waals surface area (Å²) in [5, 5.41) is 0. The van der Waals surface area contributed by atoms with Gasteiger partial charge in [-0.2, -0.15) is 0 Å². The van der Waals surface area contributed by atoms with Gasteiger partial charge in [0.1, 0.15) is 6.26 Å². The molecule has 2 aliphatic rings. The van der Waals surface area contributed by atoms with E-state index in [0.29, 0.717) is 18.5 Å². The summed E-state index contributed by atoms with van der Waals surface area (Å²) in [6.45, 7) is 1.38. The fourth-order valence-electron chi connectivity index (χ4n) is 3.31. The summed E-state index contributed by atoms with van der Waals surface area (Å²) in [5.41, 5.74) is 0.265. The number of piperidine rings is 1. The van der Waals surface area contributed by atoms with Gasteiger partial charge in [0.05, 0.1) is 23.8 Å². The summed E-state index contributed by atoms with van der Waals surface area (Å²) >= 11 is 0. The van der Waals surface area contributed by atoms with Crippen LogP contribution in [0.2, 0.25) is 0 Å². The Kier molecular flexibility index (Phi) is 2.84. The predicted octanol–water partition coefficient (Wildman–Crippen LogP) is 1.51. The van der Waals surface area contributed by atoms with E-state index in [1.807, 2.05) is 11.9 Å². The average molecular weight is 262 g/mol. The maximum absolute atomic E-state index is 12.6. The lowest BCUT2D eigenvalue weighted by Gasteiger charge is -2.44. The van der Waals surface area contributed by atoms with E-state index in [0.717, 1.165) is 25.8 Å². The van der Waals surface area contributed by atoms with Crippen molar-refractivity contribution < 1.29 is 14.0 Å². The topological polar surface area (TPSA) is 53.8 Å². The van der Waals surface area contributed by atoms with Crippen molar-refractivity contribution in [1.29, 1.82) is 0 Å². The van der Waals surface area contributed by atoms with Gasteiger partial charge >= 0.3 is 0 Å². The van der Waals surface area contributed by atoms with E-state index >= 15 is 0 Å². The third kappa shape index (κ3) is 1.93. The average Bonchev–Trinajstić information content (AvgIpc) is 2.99. The first kappa shape index (κ1) is 12.3. The molecule has 3 heterocycles. The van der Waals surface area contributed by atoms with Crippen LogP contribution in [0, 0.1) is 0 Å². The largest absolute Gasteiger partial charge is 0.472 e. The standard InChI is InChI=1S/C14H18N2O3/c1-15-10-14(8-12(15)17)5-2-3-6-16(14)13(18)11-4-7-19-9-11/h4,7,9H,2-3,5-6,8,10H2,1H3. The number of furan rings is 1. The number of amides is 2. The lowest BCUT2D eigenvalue weighted by atomic mass is 9.85. The Hall–Kier alpha value is -1.78. The summed E-state index contributed by atoms with van der Waals surface area (Å²) in [6, 6.07) is 1.69. The molecule has 1 aromatic rings. The Bertz CT molecular complexity index is 497. The molecule has 102 valence electrons. The van der Waals surface area contributed by atoms with Gasteiger partial charge in [0.25, 0.3) is 5.91 Å². The van der Waals surface area contributed by atoms with E-state index < -0.39 is 0 Å². The van der Waals surface area contributed by atoms with Gasteiger partial charge in [-0.05, 0) is 25.3 Å². The summed E-state index contributed by atoms with van der Waals surface area (Å²) in [6.07, 6.45) is 6.43. The van der Waals surface area contributed by atoms with E-state index in [1.54, 1.807) is 11.0 Å². The molecule has 1 aromatic heterocycles. The van der Waals surface area contributed by atoms with Crippen LogP contribution in [0.25, 0.3) is 0 Å². The fraction of sp³-hybridized carbons (Fsp3) is 0.571. The van der Waals surface area contributed by atoms with Crippen molar-refractivity contribution in [2.75, 3.05) is 20.1 Å². The highest BCUT2D eigenvalue weighted by molar-refractivity contribution is 5.95. The third-order valence-corrected chi connectivity index (χ3v) is 4.30. The number of carbonyl (C=O) groups excluding carboxylic acids is 2. The van der Waals surface area contributed by atoms with E-state index in [1.165, 1.54) is 12.5 Å². The molecule has 0 radical (unpaired) electrons. The summed E-state index contributed by atoms with van der Waals surface area (Å²) in [7, 11) is 1.81. The van der Waals surface area contributed by atoms with Crippen molar-refractivity contribution in [2.45, 2.75) is 31.2 Å². The Balaban J connectivity index is 1.90. The second kappa shape index (κ2) is 4.40. The van der Waals surface area contributed by atoms with Gasteiger partial charge in [-0.15, -0.1) is 0 Å². The van der Waals surface area contributed by atoms with E-state index in [9.17, 15) is 9.59 Å². The number of rotatable bonds is 1. The quantitative estimate of drug-likeness (QED) is 0.770. The number of likely N-dealkylation sites (tertiary alicyclic amines) is 2. The Morgan fingerprint density at radius 1 is 1.42 bits per heavy atom. The summed E-state index contributed by atoms with van der Waals surface area (Å²) < 4.78 is 4.99. The molecule has 0 saturated carbocycles. The Labute approximate surface area is 112 Å². The second-order valence-electron chi connectivity index (χ2n) is 5.58. The Morgan fingerprint density at radius 3 is 2.89 bits per heavy atom. The molecule has 2 saturated heterocycles. The normalized spacial score (nSPS) is 27.3. The molecule has 0 bridgehead atoms. The van der Waals surface area contributed by atoms with Crippen LogP contribution in [0.1, 0.15) is 36.0 Å². The molecule has 0 aromatic carbocycles. The van der Waals surface area contributed by atoms with Crippen LogP contribution in [0.3, 0.4) is 0 Å². The molecular weight excluding hydrogens is 244 g/mol. The Morgan fingerprint density at radius 2 is 2.26 bits per heavy atom. The van der Waals surface area contributed by atoms with E-state index in [4.69, 9.17) is 4.42 Å². The molecule has 1 unspecified atom stereocenters. The minimum atomic E-state index is -0.307. The van der Waals surface area contributed by atoms with E-state index in [-0.39, 0.29) is 17.4 Å². The van der Waals surface area contributed by atoms with Crippen molar-refractivity contribution in [3.63, 3.8) is 0 Å². The minimum absolute atomic E-state index is 0.0171. The SMILES string of the molecule is CN1CC2(CCCCN2C(=O)c2ccoc2)CC1=O. The second-order valence-corrected chi connectivity index (χ2v) is 5.58. The van der Waals surface area contributed by atoms with Gasteiger partial charge in [-0.3, -0.25) is 9.59 Å². The zero-order valence-corrected chi connectivity index (χ0v) is 11.1. The molecule has 5 nitrogen and oxygen atoms in total. The highest BCUT2D eigenvalue weighted by Crippen LogP contribution is 2.37. The van der Waals surface area contributed by atoms with Gasteiger partial charge in [0.2, 0.25) is 5.91 Å². The first-order chi connectivity index (χ1) is 9.12. The first-order valence-electron chi connectivity index (χ1n) is 6.71. The monoisotopic (exact) mass is 262 g/mol. The molecule has 5 heteroatoms. The first-order valence-corrected chi connectivity index (χ1v) is 6.71. The van der Waals surface area contributed by atoms with Gasteiger partial charge in [0, 0.05) is 20.1 Å². The smallest absolute Gasteiger partial charge is 0.257 e. The highest BCUT2D eigenvalue weighted by atomic mass is 16.3. The number of carbonyl (C=O) groups is 2. The third-order valence-electron chi connectivity index (χ3n) is 4.30. The van der Waals surface area contributed by atoms with Crippen LogP contribution in [-0.2, 0) is 4.79 Å². The van der Waals surface area contributed by atoms with Gasteiger partial charge in [0.15, 0.2) is 0 Å². The number of nitrogens with zero attached hydrogens (tertiary/aromatic N) is 2. The van der Waals surface area contributed by atoms with Crippen LogP contribution in [0.4, 0.5) is 0 Å². The summed E-state index contributed by atoms with van der Waals surface area (Å²) in [4.78, 5) is 28.1. The number of likely N-dealkylation sites (N-methyl/N-ethyl adjacent to an activating group) is 1. The van der Waals surface area contributed by atoms with Gasteiger partial charge < -0.3 is 14.2 Å².